The Balaban J connectivity index is 1.60. The van der Waals surface area contributed by atoms with Gasteiger partial charge in [0.25, 0.3) is 0 Å². The molecule has 2 aromatic carbocycles. The number of benzene rings is 2. The lowest BCUT2D eigenvalue weighted by Gasteiger charge is -2.20. The molecule has 0 fully saturated rings. The lowest BCUT2D eigenvalue weighted by molar-refractivity contribution is 0.147. The Morgan fingerprint density at radius 3 is 2.58 bits per heavy atom. The topological polar surface area (TPSA) is 51.2 Å². The van der Waals surface area contributed by atoms with E-state index in [4.69, 9.17) is 14.2 Å². The number of rotatable bonds is 7. The van der Waals surface area contributed by atoms with Crippen molar-refractivity contribution >= 4 is 0 Å². The molecule has 2 aromatic rings. The molecule has 0 spiro atoms. The standard InChI is InChI=1S/C19H23NO4/c1-20(9-8-16(21)14-6-4-3-5-7-14)12-15-10-18-19(24-13-23-18)11-17(15)22-2/h3-7,10-11,16,21H,8-9,12-13H2,1-2H3/t16-/m0/s1. The molecule has 0 amide bonds. The summed E-state index contributed by atoms with van der Waals surface area (Å²) in [6, 6.07) is 13.6. The third kappa shape index (κ3) is 3.80. The van der Waals surface area contributed by atoms with Crippen molar-refractivity contribution in [3.8, 4) is 17.2 Å². The molecule has 0 radical (unpaired) electrons. The maximum absolute atomic E-state index is 10.3. The van der Waals surface area contributed by atoms with Crippen molar-refractivity contribution in [2.45, 2.75) is 19.1 Å². The monoisotopic (exact) mass is 329 g/mol. The molecule has 0 saturated heterocycles. The normalized spacial score (nSPS) is 14.0. The van der Waals surface area contributed by atoms with Gasteiger partial charge in [0.2, 0.25) is 6.79 Å². The quantitative estimate of drug-likeness (QED) is 0.846. The minimum absolute atomic E-state index is 0.251. The first kappa shape index (κ1) is 16.6. The van der Waals surface area contributed by atoms with Crippen molar-refractivity contribution < 1.29 is 19.3 Å². The van der Waals surface area contributed by atoms with Gasteiger partial charge in [0.1, 0.15) is 5.75 Å². The average Bonchev–Trinajstić information content (AvgIpc) is 3.07. The molecule has 1 heterocycles. The van der Waals surface area contributed by atoms with E-state index in [2.05, 4.69) is 4.90 Å². The van der Waals surface area contributed by atoms with Gasteiger partial charge in [0, 0.05) is 24.7 Å². The van der Waals surface area contributed by atoms with Crippen LogP contribution in [0.25, 0.3) is 0 Å². The van der Waals surface area contributed by atoms with Gasteiger partial charge in [-0.05, 0) is 25.1 Å². The summed E-state index contributed by atoms with van der Waals surface area (Å²) >= 11 is 0. The number of fused-ring (bicyclic) bond motifs is 1. The van der Waals surface area contributed by atoms with Gasteiger partial charge in [0.15, 0.2) is 11.5 Å². The van der Waals surface area contributed by atoms with Gasteiger partial charge < -0.3 is 24.2 Å². The maximum atomic E-state index is 10.3. The van der Waals surface area contributed by atoms with E-state index in [0.29, 0.717) is 13.0 Å². The van der Waals surface area contributed by atoms with Crippen LogP contribution in [0, 0.1) is 0 Å². The second-order valence-corrected chi connectivity index (χ2v) is 5.97. The summed E-state index contributed by atoms with van der Waals surface area (Å²) in [4.78, 5) is 2.16. The molecule has 3 rings (SSSR count). The third-order valence-corrected chi connectivity index (χ3v) is 4.18. The molecule has 0 bridgehead atoms. The molecular weight excluding hydrogens is 306 g/mol. The Labute approximate surface area is 142 Å². The molecule has 128 valence electrons. The number of hydrogen-bond donors (Lipinski definition) is 1. The first-order chi connectivity index (χ1) is 11.7. The minimum atomic E-state index is -0.452. The van der Waals surface area contributed by atoms with E-state index < -0.39 is 6.10 Å². The van der Waals surface area contributed by atoms with E-state index >= 15 is 0 Å². The molecule has 24 heavy (non-hydrogen) atoms. The Morgan fingerprint density at radius 2 is 1.88 bits per heavy atom. The number of nitrogens with zero attached hydrogens (tertiary/aromatic N) is 1. The van der Waals surface area contributed by atoms with Crippen LogP contribution in [-0.2, 0) is 6.54 Å². The summed E-state index contributed by atoms with van der Waals surface area (Å²) in [5.41, 5.74) is 1.99. The summed E-state index contributed by atoms with van der Waals surface area (Å²) < 4.78 is 16.3. The summed E-state index contributed by atoms with van der Waals surface area (Å²) in [5, 5.41) is 10.3. The van der Waals surface area contributed by atoms with Crippen LogP contribution in [-0.4, -0.2) is 37.5 Å². The Bertz CT molecular complexity index is 675. The second kappa shape index (κ2) is 7.55. The van der Waals surface area contributed by atoms with Gasteiger partial charge in [-0.1, -0.05) is 30.3 Å². The lowest BCUT2D eigenvalue weighted by atomic mass is 10.1. The fraction of sp³-hybridized carbons (Fsp3) is 0.368. The first-order valence-electron chi connectivity index (χ1n) is 8.05. The summed E-state index contributed by atoms with van der Waals surface area (Å²) in [6.45, 7) is 1.73. The van der Waals surface area contributed by atoms with Crippen LogP contribution >= 0.6 is 0 Å². The fourth-order valence-electron chi connectivity index (χ4n) is 2.83. The zero-order valence-corrected chi connectivity index (χ0v) is 14.1. The molecule has 0 aliphatic carbocycles. The van der Waals surface area contributed by atoms with Gasteiger partial charge in [-0.15, -0.1) is 0 Å². The Kier molecular flexibility index (Phi) is 5.23. The zero-order chi connectivity index (χ0) is 16.9. The van der Waals surface area contributed by atoms with Crippen molar-refractivity contribution in [1.82, 2.24) is 4.90 Å². The van der Waals surface area contributed by atoms with Crippen LogP contribution < -0.4 is 14.2 Å². The largest absolute Gasteiger partial charge is 0.496 e. The molecule has 1 atom stereocenters. The van der Waals surface area contributed by atoms with Crippen molar-refractivity contribution in [2.24, 2.45) is 0 Å². The second-order valence-electron chi connectivity index (χ2n) is 5.97. The Morgan fingerprint density at radius 1 is 1.17 bits per heavy atom. The molecule has 0 unspecified atom stereocenters. The maximum Gasteiger partial charge on any atom is 0.231 e. The van der Waals surface area contributed by atoms with Crippen molar-refractivity contribution in [3.63, 3.8) is 0 Å². The van der Waals surface area contributed by atoms with Crippen molar-refractivity contribution in [2.75, 3.05) is 27.5 Å². The highest BCUT2D eigenvalue weighted by atomic mass is 16.7. The van der Waals surface area contributed by atoms with Crippen LogP contribution in [0.5, 0.6) is 17.2 Å². The average molecular weight is 329 g/mol. The fourth-order valence-corrected chi connectivity index (χ4v) is 2.83. The highest BCUT2D eigenvalue weighted by Crippen LogP contribution is 2.38. The highest BCUT2D eigenvalue weighted by Gasteiger charge is 2.18. The number of ether oxygens (including phenoxy) is 3. The van der Waals surface area contributed by atoms with Crippen LogP contribution in [0.1, 0.15) is 23.7 Å². The van der Waals surface area contributed by atoms with Gasteiger partial charge in [-0.25, -0.2) is 0 Å². The predicted molar refractivity (Wildman–Crippen MR) is 91.5 cm³/mol. The van der Waals surface area contributed by atoms with Crippen LogP contribution in [0.15, 0.2) is 42.5 Å². The SMILES string of the molecule is COc1cc2c(cc1CN(C)CC[C@H](O)c1ccccc1)OCO2. The van der Waals surface area contributed by atoms with E-state index in [9.17, 15) is 5.11 Å². The minimum Gasteiger partial charge on any atom is -0.496 e. The van der Waals surface area contributed by atoms with Gasteiger partial charge >= 0.3 is 0 Å². The van der Waals surface area contributed by atoms with Crippen LogP contribution in [0.2, 0.25) is 0 Å². The number of methoxy groups -OCH3 is 1. The number of aliphatic hydroxyl groups excluding tert-OH is 1. The van der Waals surface area contributed by atoms with Crippen molar-refractivity contribution in [1.29, 1.82) is 0 Å². The number of hydrogen-bond acceptors (Lipinski definition) is 5. The van der Waals surface area contributed by atoms with E-state index in [1.807, 2.05) is 49.5 Å². The smallest absolute Gasteiger partial charge is 0.231 e. The molecular formula is C19H23NO4. The zero-order valence-electron chi connectivity index (χ0n) is 14.1. The summed E-state index contributed by atoms with van der Waals surface area (Å²) in [5.74, 6) is 2.26. The van der Waals surface area contributed by atoms with Gasteiger partial charge in [-0.2, -0.15) is 0 Å². The van der Waals surface area contributed by atoms with E-state index in [-0.39, 0.29) is 6.79 Å². The molecule has 1 N–H and O–H groups in total. The van der Waals surface area contributed by atoms with E-state index in [1.165, 1.54) is 0 Å². The molecule has 5 nitrogen and oxygen atoms in total. The molecule has 5 heteroatoms. The van der Waals surface area contributed by atoms with Crippen LogP contribution in [0.3, 0.4) is 0 Å². The van der Waals surface area contributed by atoms with E-state index in [0.717, 1.165) is 34.9 Å². The lowest BCUT2D eigenvalue weighted by Crippen LogP contribution is -2.21. The van der Waals surface area contributed by atoms with Gasteiger partial charge in [0.05, 0.1) is 13.2 Å². The predicted octanol–water partition coefficient (Wildman–Crippen LogP) is 2.98. The first-order valence-corrected chi connectivity index (χ1v) is 8.05. The van der Waals surface area contributed by atoms with E-state index in [1.54, 1.807) is 7.11 Å². The highest BCUT2D eigenvalue weighted by molar-refractivity contribution is 5.51. The molecule has 0 aromatic heterocycles. The summed E-state index contributed by atoms with van der Waals surface area (Å²) in [7, 11) is 3.68. The van der Waals surface area contributed by atoms with Crippen LogP contribution in [0.4, 0.5) is 0 Å². The molecule has 1 aliphatic rings. The molecule has 1 aliphatic heterocycles. The summed E-state index contributed by atoms with van der Waals surface area (Å²) in [6.07, 6.45) is 0.222. The Hall–Kier alpha value is -2.24. The van der Waals surface area contributed by atoms with Crippen molar-refractivity contribution in [3.05, 3.63) is 53.6 Å². The molecule has 0 saturated carbocycles. The third-order valence-electron chi connectivity index (χ3n) is 4.18. The number of aliphatic hydroxyl groups is 1. The van der Waals surface area contributed by atoms with Gasteiger partial charge in [-0.3, -0.25) is 0 Å².